The van der Waals surface area contributed by atoms with E-state index in [0.29, 0.717) is 25.3 Å². The van der Waals surface area contributed by atoms with E-state index in [9.17, 15) is 14.9 Å². The zero-order chi connectivity index (χ0) is 15.8. The molecule has 0 N–H and O–H groups in total. The van der Waals surface area contributed by atoms with E-state index >= 15 is 0 Å². The van der Waals surface area contributed by atoms with Crippen molar-refractivity contribution < 1.29 is 14.5 Å². The Balaban J connectivity index is 2.85. The normalized spacial score (nSPS) is 10.7. The fourth-order valence-corrected chi connectivity index (χ4v) is 1.83. The molecule has 1 aromatic carbocycles. The van der Waals surface area contributed by atoms with Crippen molar-refractivity contribution in [3.8, 4) is 0 Å². The standard InChI is InChI=1S/C14H21N3O4/c1-15(2)14(18)11-16(8-9-21-3)10-12-6-4-5-7-13(12)17(19)20/h4-7H,8-11H2,1-3H3. The van der Waals surface area contributed by atoms with Gasteiger partial charge in [0.15, 0.2) is 0 Å². The van der Waals surface area contributed by atoms with Gasteiger partial charge in [0.05, 0.1) is 18.1 Å². The van der Waals surface area contributed by atoms with Crippen molar-refractivity contribution in [2.75, 3.05) is 40.9 Å². The Morgan fingerprint density at radius 3 is 2.57 bits per heavy atom. The summed E-state index contributed by atoms with van der Waals surface area (Å²) in [7, 11) is 4.94. The molecule has 1 amide bonds. The Morgan fingerprint density at radius 1 is 1.33 bits per heavy atom. The molecule has 0 unspecified atom stereocenters. The van der Waals surface area contributed by atoms with Crippen LogP contribution >= 0.6 is 0 Å². The van der Waals surface area contributed by atoms with Gasteiger partial charge in [0.25, 0.3) is 5.69 Å². The van der Waals surface area contributed by atoms with Crippen molar-refractivity contribution >= 4 is 11.6 Å². The minimum absolute atomic E-state index is 0.0512. The molecule has 1 aromatic rings. The highest BCUT2D eigenvalue weighted by Gasteiger charge is 2.18. The summed E-state index contributed by atoms with van der Waals surface area (Å²) < 4.78 is 5.03. The number of carbonyl (C=O) groups excluding carboxylic acids is 1. The molecule has 0 heterocycles. The van der Waals surface area contributed by atoms with Crippen LogP contribution in [0.25, 0.3) is 0 Å². The van der Waals surface area contributed by atoms with Gasteiger partial charge in [-0.05, 0) is 0 Å². The van der Waals surface area contributed by atoms with Crippen LogP contribution in [0.4, 0.5) is 5.69 Å². The van der Waals surface area contributed by atoms with E-state index in [0.717, 1.165) is 0 Å². The van der Waals surface area contributed by atoms with Gasteiger partial charge in [0.1, 0.15) is 0 Å². The van der Waals surface area contributed by atoms with E-state index in [2.05, 4.69) is 0 Å². The second-order valence-corrected chi connectivity index (χ2v) is 4.88. The number of para-hydroxylation sites is 1. The predicted molar refractivity (Wildman–Crippen MR) is 78.9 cm³/mol. The molecular formula is C14H21N3O4. The van der Waals surface area contributed by atoms with Crippen molar-refractivity contribution in [1.82, 2.24) is 9.80 Å². The molecular weight excluding hydrogens is 274 g/mol. The molecule has 7 heteroatoms. The fraction of sp³-hybridized carbons (Fsp3) is 0.500. The van der Waals surface area contributed by atoms with Gasteiger partial charge in [-0.15, -0.1) is 0 Å². The molecule has 0 saturated heterocycles. The third-order valence-electron chi connectivity index (χ3n) is 3.05. The zero-order valence-corrected chi connectivity index (χ0v) is 12.6. The zero-order valence-electron chi connectivity index (χ0n) is 12.6. The molecule has 0 radical (unpaired) electrons. The van der Waals surface area contributed by atoms with Crippen LogP contribution in [0.2, 0.25) is 0 Å². The lowest BCUT2D eigenvalue weighted by Crippen LogP contribution is -2.38. The van der Waals surface area contributed by atoms with Gasteiger partial charge in [-0.25, -0.2) is 0 Å². The minimum atomic E-state index is -0.405. The van der Waals surface area contributed by atoms with Crippen LogP contribution < -0.4 is 0 Å². The SMILES string of the molecule is COCCN(CC(=O)N(C)C)Cc1ccccc1[N+](=O)[O-]. The summed E-state index contributed by atoms with van der Waals surface area (Å²) in [4.78, 5) is 25.8. The fourth-order valence-electron chi connectivity index (χ4n) is 1.83. The molecule has 0 aliphatic carbocycles. The number of benzene rings is 1. The lowest BCUT2D eigenvalue weighted by atomic mass is 10.1. The maximum absolute atomic E-state index is 11.8. The number of ether oxygens (including phenoxy) is 1. The van der Waals surface area contributed by atoms with Crippen LogP contribution in [0.5, 0.6) is 0 Å². The van der Waals surface area contributed by atoms with Crippen molar-refractivity contribution in [2.24, 2.45) is 0 Å². The summed E-state index contributed by atoms with van der Waals surface area (Å²) in [6, 6.07) is 6.56. The first kappa shape index (κ1) is 17.1. The Kier molecular flexibility index (Phi) is 6.77. The van der Waals surface area contributed by atoms with Crippen LogP contribution in [-0.4, -0.2) is 61.5 Å². The quantitative estimate of drug-likeness (QED) is 0.531. The maximum atomic E-state index is 11.8. The molecule has 0 saturated carbocycles. The average molecular weight is 295 g/mol. The number of hydrogen-bond donors (Lipinski definition) is 0. The van der Waals surface area contributed by atoms with Gasteiger partial charge >= 0.3 is 0 Å². The largest absolute Gasteiger partial charge is 0.383 e. The summed E-state index contributed by atoms with van der Waals surface area (Å²) >= 11 is 0. The molecule has 1 rings (SSSR count). The Morgan fingerprint density at radius 2 is 2.00 bits per heavy atom. The lowest BCUT2D eigenvalue weighted by Gasteiger charge is -2.23. The minimum Gasteiger partial charge on any atom is -0.383 e. The lowest BCUT2D eigenvalue weighted by molar-refractivity contribution is -0.385. The van der Waals surface area contributed by atoms with Gasteiger partial charge in [0.2, 0.25) is 5.91 Å². The highest BCUT2D eigenvalue weighted by molar-refractivity contribution is 5.77. The van der Waals surface area contributed by atoms with Crippen molar-refractivity contribution in [3.05, 3.63) is 39.9 Å². The molecule has 21 heavy (non-hydrogen) atoms. The highest BCUT2D eigenvalue weighted by atomic mass is 16.6. The first-order valence-electron chi connectivity index (χ1n) is 6.59. The van der Waals surface area contributed by atoms with Gasteiger partial charge in [-0.1, -0.05) is 18.2 Å². The van der Waals surface area contributed by atoms with Crippen LogP contribution in [0.3, 0.4) is 0 Å². The van der Waals surface area contributed by atoms with Gasteiger partial charge < -0.3 is 9.64 Å². The number of likely N-dealkylation sites (N-methyl/N-ethyl adjacent to an activating group) is 1. The van der Waals surface area contributed by atoms with Gasteiger partial charge in [-0.2, -0.15) is 0 Å². The number of amides is 1. The van der Waals surface area contributed by atoms with Crippen LogP contribution in [0, 0.1) is 10.1 Å². The van der Waals surface area contributed by atoms with Crippen LogP contribution in [0.1, 0.15) is 5.56 Å². The van der Waals surface area contributed by atoms with Gasteiger partial charge in [-0.3, -0.25) is 19.8 Å². The Hall–Kier alpha value is -1.99. The maximum Gasteiger partial charge on any atom is 0.273 e. The van der Waals surface area contributed by atoms with Crippen molar-refractivity contribution in [3.63, 3.8) is 0 Å². The number of carbonyl (C=O) groups is 1. The Labute approximate surface area is 124 Å². The third kappa shape index (κ3) is 5.49. The summed E-state index contributed by atoms with van der Waals surface area (Å²) in [5, 5.41) is 11.0. The second-order valence-electron chi connectivity index (χ2n) is 4.88. The Bertz CT molecular complexity index is 491. The van der Waals surface area contributed by atoms with Crippen LogP contribution in [-0.2, 0) is 16.1 Å². The smallest absolute Gasteiger partial charge is 0.273 e. The van der Waals surface area contributed by atoms with E-state index in [-0.39, 0.29) is 18.1 Å². The van der Waals surface area contributed by atoms with Crippen molar-refractivity contribution in [1.29, 1.82) is 0 Å². The van der Waals surface area contributed by atoms with Crippen molar-refractivity contribution in [2.45, 2.75) is 6.54 Å². The van der Waals surface area contributed by atoms with Gasteiger partial charge in [0, 0.05) is 45.9 Å². The molecule has 0 aliphatic rings. The summed E-state index contributed by atoms with van der Waals surface area (Å²) in [5.41, 5.74) is 0.655. The van der Waals surface area contributed by atoms with E-state index in [1.807, 2.05) is 4.90 Å². The van der Waals surface area contributed by atoms with E-state index in [1.165, 1.54) is 11.0 Å². The second kappa shape index (κ2) is 8.33. The molecule has 0 aliphatic heterocycles. The first-order chi connectivity index (χ1) is 9.95. The number of rotatable bonds is 8. The highest BCUT2D eigenvalue weighted by Crippen LogP contribution is 2.19. The third-order valence-corrected chi connectivity index (χ3v) is 3.05. The first-order valence-corrected chi connectivity index (χ1v) is 6.59. The molecule has 0 bridgehead atoms. The average Bonchev–Trinajstić information content (AvgIpc) is 2.44. The number of nitro benzene ring substituents is 1. The summed E-state index contributed by atoms with van der Waals surface area (Å²) in [5.74, 6) is -0.0512. The van der Waals surface area contributed by atoms with E-state index in [1.54, 1.807) is 39.4 Å². The molecule has 7 nitrogen and oxygen atoms in total. The molecule has 0 spiro atoms. The van der Waals surface area contributed by atoms with E-state index < -0.39 is 4.92 Å². The number of nitro groups is 1. The monoisotopic (exact) mass is 295 g/mol. The number of nitrogens with zero attached hydrogens (tertiary/aromatic N) is 3. The predicted octanol–water partition coefficient (Wildman–Crippen LogP) is 1.13. The molecule has 0 aromatic heterocycles. The molecule has 116 valence electrons. The topological polar surface area (TPSA) is 75.9 Å². The molecule has 0 fully saturated rings. The summed E-state index contributed by atoms with van der Waals surface area (Å²) in [6.07, 6.45) is 0. The van der Waals surface area contributed by atoms with Crippen LogP contribution in [0.15, 0.2) is 24.3 Å². The molecule has 0 atom stereocenters. The van der Waals surface area contributed by atoms with E-state index in [4.69, 9.17) is 4.74 Å². The number of hydrogen-bond acceptors (Lipinski definition) is 5. The number of methoxy groups -OCH3 is 1. The summed E-state index contributed by atoms with van der Waals surface area (Å²) in [6.45, 7) is 1.52.